The zero-order valence-corrected chi connectivity index (χ0v) is 19.0. The summed E-state index contributed by atoms with van der Waals surface area (Å²) < 4.78 is 11.5. The van der Waals surface area contributed by atoms with Gasteiger partial charge >= 0.3 is 0 Å². The fourth-order valence-electron chi connectivity index (χ4n) is 3.26. The maximum absolute atomic E-state index is 6.19. The molecule has 160 valence electrons. The average molecular weight is 455 g/mol. The van der Waals surface area contributed by atoms with E-state index >= 15 is 0 Å². The average Bonchev–Trinajstić information content (AvgIpc) is 2.75. The van der Waals surface area contributed by atoms with E-state index in [2.05, 4.69) is 10.3 Å². The molecule has 0 aliphatic heterocycles. The number of benzene rings is 3. The number of anilines is 2. The quantitative estimate of drug-likeness (QED) is 0.317. The highest BCUT2D eigenvalue weighted by Gasteiger charge is 2.07. The van der Waals surface area contributed by atoms with Gasteiger partial charge in [-0.25, -0.2) is 0 Å². The summed E-state index contributed by atoms with van der Waals surface area (Å²) in [6, 6.07) is 23.6. The maximum atomic E-state index is 6.19. The lowest BCUT2D eigenvalue weighted by Crippen LogP contribution is -1.98. The highest BCUT2D eigenvalue weighted by atomic mass is 35.5. The number of nitrogens with zero attached hydrogens (tertiary/aromatic N) is 1. The van der Waals surface area contributed by atoms with Crippen molar-refractivity contribution >= 4 is 46.3 Å². The van der Waals surface area contributed by atoms with Crippen LogP contribution in [0.25, 0.3) is 10.9 Å². The molecule has 0 saturated carbocycles. The third kappa shape index (κ3) is 5.60. The van der Waals surface area contributed by atoms with Crippen LogP contribution in [0.5, 0.6) is 11.5 Å². The van der Waals surface area contributed by atoms with Gasteiger partial charge in [-0.3, -0.25) is 4.98 Å². The lowest BCUT2D eigenvalue weighted by molar-refractivity contribution is 0.306. The van der Waals surface area contributed by atoms with E-state index in [0.29, 0.717) is 18.2 Å². The van der Waals surface area contributed by atoms with Crippen LogP contribution in [0, 0.1) is 6.92 Å². The largest absolute Gasteiger partial charge is 0.494 e. The van der Waals surface area contributed by atoms with Gasteiger partial charge in [0.2, 0.25) is 0 Å². The van der Waals surface area contributed by atoms with Crippen molar-refractivity contribution in [2.45, 2.75) is 20.5 Å². The molecule has 4 aromatic rings. The first-order valence-electron chi connectivity index (χ1n) is 9.90. The van der Waals surface area contributed by atoms with Crippen LogP contribution in [0.3, 0.4) is 0 Å². The molecular formula is C25H24Cl2N2O2. The third-order valence-electron chi connectivity index (χ3n) is 4.70. The Labute approximate surface area is 193 Å². The Morgan fingerprint density at radius 2 is 1.65 bits per heavy atom. The van der Waals surface area contributed by atoms with Crippen molar-refractivity contribution in [3.8, 4) is 11.5 Å². The van der Waals surface area contributed by atoms with E-state index in [0.717, 1.165) is 45.0 Å². The molecule has 3 aromatic carbocycles. The number of aromatic nitrogens is 1. The van der Waals surface area contributed by atoms with Gasteiger partial charge < -0.3 is 14.8 Å². The number of aryl methyl sites for hydroxylation is 1. The van der Waals surface area contributed by atoms with Gasteiger partial charge in [0.15, 0.2) is 0 Å². The Morgan fingerprint density at radius 1 is 0.903 bits per heavy atom. The van der Waals surface area contributed by atoms with Crippen molar-refractivity contribution in [3.05, 3.63) is 89.1 Å². The molecule has 4 rings (SSSR count). The summed E-state index contributed by atoms with van der Waals surface area (Å²) in [5.41, 5.74) is 4.80. The van der Waals surface area contributed by atoms with Gasteiger partial charge in [-0.15, -0.1) is 12.4 Å². The summed E-state index contributed by atoms with van der Waals surface area (Å²) in [6.07, 6.45) is 0. The van der Waals surface area contributed by atoms with E-state index in [-0.39, 0.29) is 12.4 Å². The number of hydrogen-bond acceptors (Lipinski definition) is 4. The van der Waals surface area contributed by atoms with Gasteiger partial charge in [-0.2, -0.15) is 0 Å². The van der Waals surface area contributed by atoms with Crippen LogP contribution < -0.4 is 14.8 Å². The summed E-state index contributed by atoms with van der Waals surface area (Å²) in [5.74, 6) is 1.62. The molecule has 0 bridgehead atoms. The number of fused-ring (bicyclic) bond motifs is 1. The molecule has 0 radical (unpaired) electrons. The Morgan fingerprint density at radius 3 is 2.39 bits per heavy atom. The first kappa shape index (κ1) is 22.7. The Bertz CT molecular complexity index is 1160. The lowest BCUT2D eigenvalue weighted by Gasteiger charge is -2.13. The number of pyridine rings is 1. The molecule has 6 heteroatoms. The molecule has 0 amide bonds. The molecular weight excluding hydrogens is 431 g/mol. The fraction of sp³-hybridized carbons (Fsp3) is 0.160. The number of hydrogen-bond donors (Lipinski definition) is 1. The van der Waals surface area contributed by atoms with E-state index in [1.54, 1.807) is 0 Å². The Kier molecular flexibility index (Phi) is 7.61. The van der Waals surface area contributed by atoms with E-state index < -0.39 is 0 Å². The third-order valence-corrected chi connectivity index (χ3v) is 5.07. The second-order valence-corrected chi connectivity index (χ2v) is 7.36. The van der Waals surface area contributed by atoms with Crippen LogP contribution >= 0.6 is 24.0 Å². The number of nitrogens with one attached hydrogen (secondary N) is 1. The van der Waals surface area contributed by atoms with Crippen LogP contribution in [-0.4, -0.2) is 11.6 Å². The highest BCUT2D eigenvalue weighted by Crippen LogP contribution is 2.30. The number of rotatable bonds is 7. The normalized spacial score (nSPS) is 10.4. The van der Waals surface area contributed by atoms with Gasteiger partial charge in [0.05, 0.1) is 12.1 Å². The molecule has 0 atom stereocenters. The van der Waals surface area contributed by atoms with Gasteiger partial charge in [0.25, 0.3) is 0 Å². The van der Waals surface area contributed by atoms with Crippen LogP contribution in [-0.2, 0) is 6.61 Å². The molecule has 0 fully saturated rings. The van der Waals surface area contributed by atoms with Gasteiger partial charge in [-0.05, 0) is 68.4 Å². The Hall–Kier alpha value is -2.95. The summed E-state index contributed by atoms with van der Waals surface area (Å²) in [5, 5.41) is 5.22. The maximum Gasteiger partial charge on any atom is 0.120 e. The SMILES string of the molecule is CCOc1ccc2nc(C)cc(Nc3ccc(OCc4ccccc4Cl)cc3)c2c1.Cl. The summed E-state index contributed by atoms with van der Waals surface area (Å²) in [6.45, 7) is 5.03. The van der Waals surface area contributed by atoms with Crippen LogP contribution in [0.15, 0.2) is 72.8 Å². The second kappa shape index (κ2) is 10.4. The van der Waals surface area contributed by atoms with Crippen molar-refractivity contribution in [1.82, 2.24) is 4.98 Å². The van der Waals surface area contributed by atoms with Crippen molar-refractivity contribution in [2.24, 2.45) is 0 Å². The fourth-order valence-corrected chi connectivity index (χ4v) is 3.45. The first-order valence-corrected chi connectivity index (χ1v) is 10.3. The molecule has 0 unspecified atom stereocenters. The molecule has 1 aromatic heterocycles. The standard InChI is InChI=1S/C25H23ClN2O2.ClH/c1-3-29-21-12-13-24-22(15-21)25(14-17(2)27-24)28-19-8-10-20(11-9-19)30-16-18-6-4-5-7-23(18)26;/h4-15H,3,16H2,1-2H3,(H,27,28);1H. The molecule has 4 nitrogen and oxygen atoms in total. The first-order chi connectivity index (χ1) is 14.6. The predicted octanol–water partition coefficient (Wildman–Crippen LogP) is 7.34. The van der Waals surface area contributed by atoms with E-state index in [9.17, 15) is 0 Å². The Balaban J connectivity index is 0.00000272. The lowest BCUT2D eigenvalue weighted by atomic mass is 10.1. The van der Waals surface area contributed by atoms with E-state index in [4.69, 9.17) is 21.1 Å². The summed E-state index contributed by atoms with van der Waals surface area (Å²) >= 11 is 6.19. The zero-order valence-electron chi connectivity index (χ0n) is 17.4. The molecule has 0 aliphatic rings. The van der Waals surface area contributed by atoms with Crippen molar-refractivity contribution in [3.63, 3.8) is 0 Å². The number of ether oxygens (including phenoxy) is 2. The van der Waals surface area contributed by atoms with Gasteiger partial charge in [0, 0.05) is 33.0 Å². The van der Waals surface area contributed by atoms with E-state index in [1.165, 1.54) is 0 Å². The zero-order chi connectivity index (χ0) is 20.9. The van der Waals surface area contributed by atoms with Crippen molar-refractivity contribution in [1.29, 1.82) is 0 Å². The predicted molar refractivity (Wildman–Crippen MR) is 130 cm³/mol. The molecule has 31 heavy (non-hydrogen) atoms. The molecule has 0 aliphatic carbocycles. The summed E-state index contributed by atoms with van der Waals surface area (Å²) in [7, 11) is 0. The van der Waals surface area contributed by atoms with Crippen LogP contribution in [0.2, 0.25) is 5.02 Å². The van der Waals surface area contributed by atoms with Gasteiger partial charge in [0.1, 0.15) is 18.1 Å². The highest BCUT2D eigenvalue weighted by molar-refractivity contribution is 6.31. The minimum atomic E-state index is 0. The molecule has 0 spiro atoms. The van der Waals surface area contributed by atoms with Crippen LogP contribution in [0.4, 0.5) is 11.4 Å². The second-order valence-electron chi connectivity index (χ2n) is 6.95. The number of halogens is 2. The van der Waals surface area contributed by atoms with Crippen LogP contribution in [0.1, 0.15) is 18.2 Å². The molecule has 1 heterocycles. The van der Waals surface area contributed by atoms with Crippen molar-refractivity contribution < 1.29 is 9.47 Å². The monoisotopic (exact) mass is 454 g/mol. The van der Waals surface area contributed by atoms with Crippen molar-refractivity contribution in [2.75, 3.05) is 11.9 Å². The topological polar surface area (TPSA) is 43.4 Å². The molecule has 0 saturated heterocycles. The smallest absolute Gasteiger partial charge is 0.120 e. The van der Waals surface area contributed by atoms with Gasteiger partial charge in [-0.1, -0.05) is 29.8 Å². The van der Waals surface area contributed by atoms with E-state index in [1.807, 2.05) is 86.6 Å². The molecule has 1 N–H and O–H groups in total. The minimum Gasteiger partial charge on any atom is -0.494 e. The summed E-state index contributed by atoms with van der Waals surface area (Å²) in [4.78, 5) is 4.63. The minimum absolute atomic E-state index is 0.